The van der Waals surface area contributed by atoms with E-state index in [0.29, 0.717) is 22.2 Å². The summed E-state index contributed by atoms with van der Waals surface area (Å²) in [4.78, 5) is 8.22. The van der Waals surface area contributed by atoms with Gasteiger partial charge in [-0.2, -0.15) is 0 Å². The fourth-order valence-electron chi connectivity index (χ4n) is 4.22. The quantitative estimate of drug-likeness (QED) is 0.885. The normalized spacial score (nSPS) is 32.1. The number of H-pyrrole nitrogens is 1. The Kier molecular flexibility index (Phi) is 2.72. The maximum Gasteiger partial charge on any atom is 0.177 e. The maximum atomic E-state index is 11.9. The highest BCUT2D eigenvalue weighted by atomic mass is 32.2. The van der Waals surface area contributed by atoms with E-state index in [-0.39, 0.29) is 12.0 Å². The van der Waals surface area contributed by atoms with Crippen LogP contribution in [-0.2, 0) is 9.84 Å². The van der Waals surface area contributed by atoms with Crippen LogP contribution in [0.3, 0.4) is 0 Å². The molecular weight excluding hydrogens is 286 g/mol. The molecule has 2 aliphatic carbocycles. The van der Waals surface area contributed by atoms with Crippen LogP contribution in [0.4, 0.5) is 0 Å². The molecule has 2 bridgehead atoms. The van der Waals surface area contributed by atoms with E-state index in [1.54, 1.807) is 12.1 Å². The second-order valence-electron chi connectivity index (χ2n) is 6.48. The SMILES string of the molecule is CS(=O)(=O)c1cccc2[nH]c(C3C4CCC(C4)C3N)nc12. The highest BCUT2D eigenvalue weighted by molar-refractivity contribution is 7.91. The van der Waals surface area contributed by atoms with E-state index in [4.69, 9.17) is 5.73 Å². The van der Waals surface area contributed by atoms with Crippen LogP contribution in [0.15, 0.2) is 23.1 Å². The molecule has 2 aromatic rings. The van der Waals surface area contributed by atoms with Crippen molar-refractivity contribution < 1.29 is 8.42 Å². The number of nitrogens with two attached hydrogens (primary N) is 1. The molecule has 2 aliphatic rings. The maximum absolute atomic E-state index is 11.9. The number of sulfone groups is 1. The lowest BCUT2D eigenvalue weighted by molar-refractivity contribution is 0.356. The zero-order valence-electron chi connectivity index (χ0n) is 11.9. The van der Waals surface area contributed by atoms with Crippen molar-refractivity contribution in [2.75, 3.05) is 6.26 Å². The highest BCUT2D eigenvalue weighted by Gasteiger charge is 2.47. The minimum absolute atomic E-state index is 0.144. The molecule has 2 fully saturated rings. The van der Waals surface area contributed by atoms with Gasteiger partial charge < -0.3 is 10.7 Å². The predicted molar refractivity (Wildman–Crippen MR) is 80.8 cm³/mol. The van der Waals surface area contributed by atoms with Crippen molar-refractivity contribution >= 4 is 20.9 Å². The zero-order valence-corrected chi connectivity index (χ0v) is 12.7. The van der Waals surface area contributed by atoms with Crippen molar-refractivity contribution in [2.45, 2.75) is 36.1 Å². The standard InChI is InChI=1S/C15H19N3O2S/c1-21(19,20)11-4-2-3-10-14(11)18-15(17-10)12-8-5-6-9(7-8)13(12)16/h2-4,8-9,12-13H,5-7,16H2,1H3,(H,17,18). The van der Waals surface area contributed by atoms with E-state index in [1.165, 1.54) is 25.5 Å². The first-order chi connectivity index (χ1) is 9.95. The van der Waals surface area contributed by atoms with Gasteiger partial charge >= 0.3 is 0 Å². The van der Waals surface area contributed by atoms with Crippen molar-refractivity contribution in [2.24, 2.45) is 17.6 Å². The summed E-state index contributed by atoms with van der Waals surface area (Å²) < 4.78 is 23.8. The van der Waals surface area contributed by atoms with Crippen LogP contribution in [0.5, 0.6) is 0 Å². The minimum atomic E-state index is -3.28. The van der Waals surface area contributed by atoms with Gasteiger partial charge in [-0.3, -0.25) is 0 Å². The summed E-state index contributed by atoms with van der Waals surface area (Å²) in [5.41, 5.74) is 7.69. The number of benzene rings is 1. The number of hydrogen-bond donors (Lipinski definition) is 2. The number of para-hydroxylation sites is 1. The van der Waals surface area contributed by atoms with Gasteiger partial charge in [0.15, 0.2) is 9.84 Å². The number of nitrogens with one attached hydrogen (secondary N) is 1. The molecule has 112 valence electrons. The lowest BCUT2D eigenvalue weighted by atomic mass is 9.84. The molecule has 2 saturated carbocycles. The van der Waals surface area contributed by atoms with Gasteiger partial charge in [-0.25, -0.2) is 13.4 Å². The Balaban J connectivity index is 1.85. The molecule has 4 atom stereocenters. The van der Waals surface area contributed by atoms with Crippen molar-refractivity contribution in [1.29, 1.82) is 0 Å². The summed E-state index contributed by atoms with van der Waals surface area (Å²) in [5.74, 6) is 2.29. The van der Waals surface area contributed by atoms with Crippen molar-refractivity contribution in [3.63, 3.8) is 0 Å². The number of rotatable bonds is 2. The minimum Gasteiger partial charge on any atom is -0.342 e. The highest BCUT2D eigenvalue weighted by Crippen LogP contribution is 2.51. The van der Waals surface area contributed by atoms with Gasteiger partial charge in [0.2, 0.25) is 0 Å². The summed E-state index contributed by atoms with van der Waals surface area (Å²) in [5, 5.41) is 0. The van der Waals surface area contributed by atoms with Crippen LogP contribution in [0.2, 0.25) is 0 Å². The summed E-state index contributed by atoms with van der Waals surface area (Å²) in [6.07, 6.45) is 4.83. The van der Waals surface area contributed by atoms with Gasteiger partial charge in [-0.05, 0) is 43.2 Å². The molecule has 1 heterocycles. The fourth-order valence-corrected chi connectivity index (χ4v) is 5.06. The molecular formula is C15H19N3O2S. The summed E-state index contributed by atoms with van der Waals surface area (Å²) in [6.45, 7) is 0. The number of imidazole rings is 1. The van der Waals surface area contributed by atoms with E-state index in [0.717, 1.165) is 11.3 Å². The Morgan fingerprint density at radius 1 is 1.29 bits per heavy atom. The molecule has 5 nitrogen and oxygen atoms in total. The Morgan fingerprint density at radius 2 is 2.05 bits per heavy atom. The van der Waals surface area contributed by atoms with Crippen LogP contribution >= 0.6 is 0 Å². The average Bonchev–Trinajstić information content (AvgIpc) is 3.09. The molecule has 3 N–H and O–H groups in total. The number of aromatic nitrogens is 2. The Morgan fingerprint density at radius 3 is 2.71 bits per heavy atom. The van der Waals surface area contributed by atoms with Crippen LogP contribution in [0, 0.1) is 11.8 Å². The molecule has 21 heavy (non-hydrogen) atoms. The largest absolute Gasteiger partial charge is 0.342 e. The predicted octanol–water partition coefficient (Wildman–Crippen LogP) is 1.81. The zero-order chi connectivity index (χ0) is 14.8. The fraction of sp³-hybridized carbons (Fsp3) is 0.533. The van der Waals surface area contributed by atoms with Crippen molar-refractivity contribution in [1.82, 2.24) is 9.97 Å². The van der Waals surface area contributed by atoms with Gasteiger partial charge in [0, 0.05) is 18.2 Å². The van der Waals surface area contributed by atoms with Crippen LogP contribution in [0.25, 0.3) is 11.0 Å². The molecule has 0 radical (unpaired) electrons. The first kappa shape index (κ1) is 13.3. The van der Waals surface area contributed by atoms with Gasteiger partial charge in [0.1, 0.15) is 11.3 Å². The molecule has 1 aromatic carbocycles. The third-order valence-electron chi connectivity index (χ3n) is 5.19. The smallest absolute Gasteiger partial charge is 0.177 e. The molecule has 4 unspecified atom stereocenters. The molecule has 0 saturated heterocycles. The van der Waals surface area contributed by atoms with E-state index in [9.17, 15) is 8.42 Å². The van der Waals surface area contributed by atoms with Crippen molar-refractivity contribution in [3.8, 4) is 0 Å². The molecule has 0 spiro atoms. The first-order valence-corrected chi connectivity index (χ1v) is 9.28. The Hall–Kier alpha value is -1.40. The summed E-state index contributed by atoms with van der Waals surface area (Å²) in [6, 6.07) is 5.38. The number of nitrogens with zero attached hydrogens (tertiary/aromatic N) is 1. The second-order valence-corrected chi connectivity index (χ2v) is 8.47. The monoisotopic (exact) mass is 305 g/mol. The summed E-state index contributed by atoms with van der Waals surface area (Å²) >= 11 is 0. The van der Waals surface area contributed by atoms with Gasteiger partial charge in [-0.15, -0.1) is 0 Å². The van der Waals surface area contributed by atoms with Crippen LogP contribution < -0.4 is 5.73 Å². The van der Waals surface area contributed by atoms with Gasteiger partial charge in [0.05, 0.1) is 10.4 Å². The average molecular weight is 305 g/mol. The lowest BCUT2D eigenvalue weighted by Gasteiger charge is -2.26. The van der Waals surface area contributed by atoms with E-state index in [1.807, 2.05) is 6.07 Å². The Labute approximate surface area is 123 Å². The van der Waals surface area contributed by atoms with Crippen LogP contribution in [0.1, 0.15) is 31.0 Å². The molecule has 4 rings (SSSR count). The first-order valence-electron chi connectivity index (χ1n) is 7.39. The molecule has 6 heteroatoms. The summed E-state index contributed by atoms with van der Waals surface area (Å²) in [7, 11) is -3.28. The van der Waals surface area contributed by atoms with E-state index in [2.05, 4.69) is 9.97 Å². The number of fused-ring (bicyclic) bond motifs is 3. The van der Waals surface area contributed by atoms with Gasteiger partial charge in [0.25, 0.3) is 0 Å². The molecule has 0 amide bonds. The lowest BCUT2D eigenvalue weighted by Crippen LogP contribution is -2.34. The third kappa shape index (κ3) is 1.92. The topological polar surface area (TPSA) is 88.8 Å². The molecule has 0 aliphatic heterocycles. The van der Waals surface area contributed by atoms with Crippen molar-refractivity contribution in [3.05, 3.63) is 24.0 Å². The second kappa shape index (κ2) is 4.30. The van der Waals surface area contributed by atoms with Gasteiger partial charge in [-0.1, -0.05) is 6.07 Å². The Bertz CT molecular complexity index is 809. The van der Waals surface area contributed by atoms with E-state index >= 15 is 0 Å². The number of aromatic amines is 1. The van der Waals surface area contributed by atoms with Crippen LogP contribution in [-0.4, -0.2) is 30.7 Å². The molecule has 1 aromatic heterocycles. The third-order valence-corrected chi connectivity index (χ3v) is 6.32. The number of hydrogen-bond acceptors (Lipinski definition) is 4. The van der Waals surface area contributed by atoms with E-state index < -0.39 is 9.84 Å².